The maximum absolute atomic E-state index is 12.9. The van der Waals surface area contributed by atoms with Crippen molar-refractivity contribution in [2.24, 2.45) is 5.73 Å². The molecular formula is C23H25ClN3O2. The summed E-state index contributed by atoms with van der Waals surface area (Å²) < 4.78 is 0. The van der Waals surface area contributed by atoms with E-state index < -0.39 is 11.9 Å². The van der Waals surface area contributed by atoms with E-state index in [1.165, 1.54) is 18.4 Å². The van der Waals surface area contributed by atoms with Gasteiger partial charge in [0.25, 0.3) is 5.91 Å². The Morgan fingerprint density at radius 2 is 2.10 bits per heavy atom. The molecule has 2 aromatic carbocycles. The van der Waals surface area contributed by atoms with Crippen LogP contribution in [0, 0.1) is 6.07 Å². The normalized spacial score (nSPS) is 19.5. The average molecular weight is 411 g/mol. The molecule has 0 saturated heterocycles. The molecule has 29 heavy (non-hydrogen) atoms. The molecule has 1 saturated carbocycles. The summed E-state index contributed by atoms with van der Waals surface area (Å²) in [5.74, 6) is -0.766. The molecular weight excluding hydrogens is 386 g/mol. The fraction of sp³-hybridized carbons (Fsp3) is 0.391. The predicted molar refractivity (Wildman–Crippen MR) is 113 cm³/mol. The van der Waals surface area contributed by atoms with Crippen LogP contribution >= 0.6 is 11.6 Å². The first-order valence-corrected chi connectivity index (χ1v) is 10.2. The Labute approximate surface area is 176 Å². The predicted octanol–water partition coefficient (Wildman–Crippen LogP) is 2.96. The molecule has 1 unspecified atom stereocenters. The summed E-state index contributed by atoms with van der Waals surface area (Å²) in [5.41, 5.74) is 9.31. The summed E-state index contributed by atoms with van der Waals surface area (Å²) >= 11 is 6.02. The highest BCUT2D eigenvalue weighted by molar-refractivity contribution is 6.31. The SMILES string of the molecule is CN(C)CC1(c2cccc(CCN3C(=O)c4cc(Cl)c[c]c4C3C(N)=O)c2)CC1. The van der Waals surface area contributed by atoms with Gasteiger partial charge in [-0.25, -0.2) is 0 Å². The van der Waals surface area contributed by atoms with Gasteiger partial charge in [-0.3, -0.25) is 9.59 Å². The first-order chi connectivity index (χ1) is 13.8. The fourth-order valence-electron chi connectivity index (χ4n) is 4.44. The maximum atomic E-state index is 12.9. The van der Waals surface area contributed by atoms with Crippen LogP contribution in [-0.2, 0) is 16.6 Å². The van der Waals surface area contributed by atoms with E-state index in [0.29, 0.717) is 29.1 Å². The third kappa shape index (κ3) is 3.77. The van der Waals surface area contributed by atoms with Crippen molar-refractivity contribution in [1.29, 1.82) is 0 Å². The molecule has 1 heterocycles. The molecule has 1 atom stereocenters. The van der Waals surface area contributed by atoms with Crippen molar-refractivity contribution < 1.29 is 9.59 Å². The zero-order valence-corrected chi connectivity index (χ0v) is 17.5. The third-order valence-electron chi connectivity index (χ3n) is 5.94. The van der Waals surface area contributed by atoms with Crippen molar-refractivity contribution in [2.75, 3.05) is 27.2 Å². The molecule has 2 aromatic rings. The van der Waals surface area contributed by atoms with Crippen LogP contribution in [0.5, 0.6) is 0 Å². The molecule has 0 aromatic heterocycles. The molecule has 5 nitrogen and oxygen atoms in total. The van der Waals surface area contributed by atoms with Crippen LogP contribution in [0.15, 0.2) is 36.4 Å². The van der Waals surface area contributed by atoms with E-state index in [0.717, 1.165) is 12.1 Å². The minimum absolute atomic E-state index is 0.218. The Balaban J connectivity index is 1.53. The molecule has 4 rings (SSSR count). The minimum atomic E-state index is -0.790. The van der Waals surface area contributed by atoms with Crippen molar-refractivity contribution >= 4 is 23.4 Å². The Morgan fingerprint density at radius 1 is 1.34 bits per heavy atom. The number of hydrogen-bond acceptors (Lipinski definition) is 3. The van der Waals surface area contributed by atoms with Crippen LogP contribution < -0.4 is 5.73 Å². The molecule has 2 aliphatic rings. The lowest BCUT2D eigenvalue weighted by atomic mass is 9.93. The summed E-state index contributed by atoms with van der Waals surface area (Å²) in [7, 11) is 4.21. The van der Waals surface area contributed by atoms with E-state index in [-0.39, 0.29) is 11.3 Å². The van der Waals surface area contributed by atoms with E-state index >= 15 is 0 Å². The lowest BCUT2D eigenvalue weighted by Gasteiger charge is -2.24. The summed E-state index contributed by atoms with van der Waals surface area (Å²) in [5, 5.41) is 0.422. The summed E-state index contributed by atoms with van der Waals surface area (Å²) in [4.78, 5) is 28.7. The van der Waals surface area contributed by atoms with Gasteiger partial charge >= 0.3 is 0 Å². The fourth-order valence-corrected chi connectivity index (χ4v) is 4.60. The van der Waals surface area contributed by atoms with Crippen molar-refractivity contribution in [3.63, 3.8) is 0 Å². The van der Waals surface area contributed by atoms with Gasteiger partial charge in [-0.15, -0.1) is 0 Å². The highest BCUT2D eigenvalue weighted by Crippen LogP contribution is 2.48. The monoisotopic (exact) mass is 410 g/mol. The lowest BCUT2D eigenvalue weighted by Crippen LogP contribution is -2.37. The van der Waals surface area contributed by atoms with Crippen molar-refractivity contribution in [3.05, 3.63) is 69.7 Å². The van der Waals surface area contributed by atoms with Crippen molar-refractivity contribution in [1.82, 2.24) is 9.80 Å². The molecule has 6 heteroatoms. The number of likely N-dealkylation sites (N-methyl/N-ethyl adjacent to an activating group) is 1. The zero-order chi connectivity index (χ0) is 20.8. The van der Waals surface area contributed by atoms with Gasteiger partial charge in [0.15, 0.2) is 0 Å². The number of carbonyl (C=O) groups is 2. The van der Waals surface area contributed by atoms with Crippen LogP contribution in [0.25, 0.3) is 0 Å². The molecule has 2 N–H and O–H groups in total. The topological polar surface area (TPSA) is 66.6 Å². The van der Waals surface area contributed by atoms with Crippen LogP contribution in [-0.4, -0.2) is 48.8 Å². The van der Waals surface area contributed by atoms with Crippen molar-refractivity contribution in [2.45, 2.75) is 30.7 Å². The second kappa shape index (κ2) is 7.47. The van der Waals surface area contributed by atoms with E-state index in [1.807, 2.05) is 0 Å². The van der Waals surface area contributed by atoms with Crippen LogP contribution in [0.1, 0.15) is 45.9 Å². The minimum Gasteiger partial charge on any atom is -0.368 e. The van der Waals surface area contributed by atoms with Gasteiger partial charge in [-0.2, -0.15) is 0 Å². The van der Waals surface area contributed by atoms with Gasteiger partial charge in [0.05, 0.1) is 0 Å². The number of fused-ring (bicyclic) bond motifs is 1. The first-order valence-electron chi connectivity index (χ1n) is 9.86. The summed E-state index contributed by atoms with van der Waals surface area (Å²) in [6.45, 7) is 1.45. The third-order valence-corrected chi connectivity index (χ3v) is 6.16. The number of halogens is 1. The molecule has 2 amide bonds. The smallest absolute Gasteiger partial charge is 0.255 e. The standard InChI is InChI=1S/C23H25ClN3O2/c1-26(2)14-23(9-10-23)16-5-3-4-15(12-16)8-11-27-20(21(25)28)18-7-6-17(24)13-19(18)22(27)29/h3-6,12-13,20H,8-11,14H2,1-2H3,(H2,25,28). The van der Waals surface area contributed by atoms with Gasteiger partial charge in [-0.05, 0) is 62.7 Å². The number of hydrogen-bond donors (Lipinski definition) is 1. The van der Waals surface area contributed by atoms with Gasteiger partial charge in [0, 0.05) is 34.7 Å². The maximum Gasteiger partial charge on any atom is 0.255 e. The molecule has 1 aliphatic heterocycles. The Kier molecular flexibility index (Phi) is 5.13. The molecule has 151 valence electrons. The molecule has 1 aliphatic carbocycles. The second-order valence-corrected chi connectivity index (χ2v) is 8.85. The van der Waals surface area contributed by atoms with Crippen molar-refractivity contribution in [3.8, 4) is 0 Å². The molecule has 1 radical (unpaired) electrons. The number of amides is 2. The first kappa shape index (κ1) is 19.9. The van der Waals surface area contributed by atoms with Gasteiger partial charge in [0.2, 0.25) is 5.91 Å². The summed E-state index contributed by atoms with van der Waals surface area (Å²) in [6, 6.07) is 13.9. The van der Waals surface area contributed by atoms with Gasteiger partial charge in [0.1, 0.15) is 6.04 Å². The number of carbonyl (C=O) groups excluding carboxylic acids is 2. The van der Waals surface area contributed by atoms with E-state index in [2.05, 4.69) is 49.3 Å². The second-order valence-electron chi connectivity index (χ2n) is 8.42. The number of primary amides is 1. The van der Waals surface area contributed by atoms with Gasteiger partial charge < -0.3 is 15.5 Å². The number of nitrogens with two attached hydrogens (primary N) is 1. The Bertz CT molecular complexity index is 968. The molecule has 0 bridgehead atoms. The highest BCUT2D eigenvalue weighted by Gasteiger charge is 2.44. The van der Waals surface area contributed by atoms with E-state index in [4.69, 9.17) is 17.3 Å². The quantitative estimate of drug-likeness (QED) is 0.763. The molecule has 1 fully saturated rings. The van der Waals surface area contributed by atoms with E-state index in [1.54, 1.807) is 17.0 Å². The van der Waals surface area contributed by atoms with Crippen LogP contribution in [0.3, 0.4) is 0 Å². The van der Waals surface area contributed by atoms with E-state index in [9.17, 15) is 9.59 Å². The summed E-state index contributed by atoms with van der Waals surface area (Å²) in [6.07, 6.45) is 3.06. The molecule has 0 spiro atoms. The average Bonchev–Trinajstić information content (AvgIpc) is 3.39. The highest BCUT2D eigenvalue weighted by atomic mass is 35.5. The Morgan fingerprint density at radius 3 is 2.76 bits per heavy atom. The number of rotatable bonds is 7. The number of nitrogens with zero attached hydrogens (tertiary/aromatic N) is 2. The zero-order valence-electron chi connectivity index (χ0n) is 16.7. The lowest BCUT2D eigenvalue weighted by molar-refractivity contribution is -0.122. The van der Waals surface area contributed by atoms with Crippen LogP contribution in [0.4, 0.5) is 0 Å². The number of benzene rings is 2. The van der Waals surface area contributed by atoms with Gasteiger partial charge in [-0.1, -0.05) is 35.9 Å². The largest absolute Gasteiger partial charge is 0.368 e. The van der Waals surface area contributed by atoms with Crippen LogP contribution in [0.2, 0.25) is 5.02 Å². The Hall–Kier alpha value is -2.37.